The maximum Gasteiger partial charge on any atom is 0.287 e. The van der Waals surface area contributed by atoms with E-state index in [1.54, 1.807) is 78.9 Å². The Kier molecular flexibility index (Phi) is 7.13. The number of hydrogen-bond acceptors (Lipinski definition) is 8. The molecule has 0 radical (unpaired) electrons. The van der Waals surface area contributed by atoms with Crippen LogP contribution in [-0.2, 0) is 4.79 Å². The van der Waals surface area contributed by atoms with Gasteiger partial charge >= 0.3 is 0 Å². The van der Waals surface area contributed by atoms with Crippen LogP contribution in [0, 0.1) is 10.1 Å². The molecule has 11 nitrogen and oxygen atoms in total. The number of nitrogens with one attached hydrogen (secondary N) is 2. The van der Waals surface area contributed by atoms with Crippen LogP contribution in [0.4, 0.5) is 5.69 Å². The predicted molar refractivity (Wildman–Crippen MR) is 141 cm³/mol. The first-order valence-corrected chi connectivity index (χ1v) is 11.6. The summed E-state index contributed by atoms with van der Waals surface area (Å²) in [6.45, 7) is 0.0986. The molecule has 3 aromatic carbocycles. The molecule has 0 saturated heterocycles. The summed E-state index contributed by atoms with van der Waals surface area (Å²) in [6, 6.07) is 22.8. The summed E-state index contributed by atoms with van der Waals surface area (Å²) in [6.07, 6.45) is 2.72. The first-order chi connectivity index (χ1) is 19.0. The van der Waals surface area contributed by atoms with Crippen molar-refractivity contribution in [3.05, 3.63) is 118 Å². The van der Waals surface area contributed by atoms with Gasteiger partial charge in [-0.3, -0.25) is 19.7 Å². The van der Waals surface area contributed by atoms with Gasteiger partial charge in [0, 0.05) is 11.6 Å². The topological polar surface area (TPSA) is 145 Å². The number of ether oxygens (including phenoxy) is 2. The van der Waals surface area contributed by atoms with Crippen molar-refractivity contribution < 1.29 is 28.4 Å². The number of nitro groups is 1. The van der Waals surface area contributed by atoms with E-state index in [2.05, 4.69) is 15.8 Å². The molecule has 2 amide bonds. The van der Waals surface area contributed by atoms with Crippen LogP contribution in [0.1, 0.15) is 21.7 Å². The molecule has 2 N–H and O–H groups in total. The molecular formula is C28H20N4O7. The number of hydrazone groups is 1. The minimum absolute atomic E-state index is 0.0695. The summed E-state index contributed by atoms with van der Waals surface area (Å²) >= 11 is 0. The van der Waals surface area contributed by atoms with Gasteiger partial charge in [-0.2, -0.15) is 5.10 Å². The monoisotopic (exact) mass is 524 g/mol. The molecule has 0 unspecified atom stereocenters. The van der Waals surface area contributed by atoms with E-state index in [1.165, 1.54) is 18.4 Å². The van der Waals surface area contributed by atoms with Crippen molar-refractivity contribution in [1.29, 1.82) is 0 Å². The largest absolute Gasteiger partial charge is 0.455 e. The number of para-hydroxylation sites is 1. The van der Waals surface area contributed by atoms with E-state index in [1.807, 2.05) is 0 Å². The van der Waals surface area contributed by atoms with E-state index in [-0.39, 0.29) is 29.7 Å². The van der Waals surface area contributed by atoms with Crippen molar-refractivity contribution in [2.45, 2.75) is 0 Å². The molecule has 1 aliphatic heterocycles. The van der Waals surface area contributed by atoms with Gasteiger partial charge in [0.1, 0.15) is 17.2 Å². The number of hydrogen-bond donors (Lipinski definition) is 2. The van der Waals surface area contributed by atoms with Crippen molar-refractivity contribution in [2.24, 2.45) is 5.10 Å². The van der Waals surface area contributed by atoms with Crippen LogP contribution in [0.2, 0.25) is 0 Å². The van der Waals surface area contributed by atoms with Crippen LogP contribution in [0.25, 0.3) is 17.4 Å². The molecule has 1 aliphatic rings. The van der Waals surface area contributed by atoms with Gasteiger partial charge in [-0.25, -0.2) is 5.43 Å². The minimum atomic E-state index is -0.696. The fraction of sp³-hybridized carbons (Fsp3) is 0.0357. The minimum Gasteiger partial charge on any atom is -0.455 e. The Bertz CT molecular complexity index is 1610. The number of nitro benzene ring substituents is 1. The van der Waals surface area contributed by atoms with E-state index in [0.29, 0.717) is 28.2 Å². The number of nitrogens with zero attached hydrogens (tertiary/aromatic N) is 2. The van der Waals surface area contributed by atoms with Gasteiger partial charge in [0.25, 0.3) is 17.5 Å². The normalized spacial score (nSPS) is 12.4. The third-order valence-corrected chi connectivity index (χ3v) is 5.59. The fourth-order valence-corrected chi connectivity index (χ4v) is 3.73. The smallest absolute Gasteiger partial charge is 0.287 e. The van der Waals surface area contributed by atoms with Gasteiger partial charge in [0.2, 0.25) is 6.79 Å². The molecule has 1 aromatic heterocycles. The zero-order valence-electron chi connectivity index (χ0n) is 20.2. The number of benzene rings is 3. The highest BCUT2D eigenvalue weighted by molar-refractivity contribution is 6.05. The predicted octanol–water partition coefficient (Wildman–Crippen LogP) is 4.50. The number of fused-ring (bicyclic) bond motifs is 1. The number of rotatable bonds is 8. The SMILES string of the molecule is O=C(N/N=C\c1ccc(-c2ccccc2[N+](=O)[O-])o1)/C(=C\c1ccc2c(c1)OCO2)NC(=O)c1ccccc1. The molecule has 5 rings (SSSR count). The molecule has 0 atom stereocenters. The van der Waals surface area contributed by atoms with E-state index in [0.717, 1.165) is 0 Å². The molecule has 0 spiro atoms. The highest BCUT2D eigenvalue weighted by Gasteiger charge is 2.18. The molecule has 0 saturated carbocycles. The lowest BCUT2D eigenvalue weighted by atomic mass is 10.1. The summed E-state index contributed by atoms with van der Waals surface area (Å²) in [5, 5.41) is 17.8. The average molecular weight is 524 g/mol. The summed E-state index contributed by atoms with van der Waals surface area (Å²) in [5.41, 5.74) is 3.45. The Morgan fingerprint density at radius 1 is 0.923 bits per heavy atom. The molecule has 194 valence electrons. The van der Waals surface area contributed by atoms with Crippen molar-refractivity contribution in [3.63, 3.8) is 0 Å². The van der Waals surface area contributed by atoms with Gasteiger partial charge in [0.15, 0.2) is 11.5 Å². The number of carbonyl (C=O) groups excluding carboxylic acids is 2. The third kappa shape index (κ3) is 5.83. The second-order valence-electron chi connectivity index (χ2n) is 8.17. The van der Waals surface area contributed by atoms with Gasteiger partial charge < -0.3 is 19.2 Å². The number of carbonyl (C=O) groups is 2. The van der Waals surface area contributed by atoms with E-state index < -0.39 is 16.7 Å². The number of furan rings is 1. The summed E-state index contributed by atoms with van der Waals surface area (Å²) in [5.74, 6) is 0.435. The Balaban J connectivity index is 1.34. The van der Waals surface area contributed by atoms with Crippen molar-refractivity contribution in [3.8, 4) is 22.8 Å². The lowest BCUT2D eigenvalue weighted by Crippen LogP contribution is -2.32. The Morgan fingerprint density at radius 3 is 2.51 bits per heavy atom. The second kappa shape index (κ2) is 11.1. The van der Waals surface area contributed by atoms with E-state index >= 15 is 0 Å². The first-order valence-electron chi connectivity index (χ1n) is 11.6. The van der Waals surface area contributed by atoms with Gasteiger partial charge in [-0.05, 0) is 54.1 Å². The Morgan fingerprint density at radius 2 is 1.69 bits per heavy atom. The lowest BCUT2D eigenvalue weighted by molar-refractivity contribution is -0.384. The van der Waals surface area contributed by atoms with Crippen LogP contribution in [0.5, 0.6) is 11.5 Å². The van der Waals surface area contributed by atoms with Crippen LogP contribution >= 0.6 is 0 Å². The van der Waals surface area contributed by atoms with Crippen LogP contribution in [0.3, 0.4) is 0 Å². The third-order valence-electron chi connectivity index (χ3n) is 5.59. The zero-order valence-corrected chi connectivity index (χ0v) is 20.2. The summed E-state index contributed by atoms with van der Waals surface area (Å²) in [4.78, 5) is 36.6. The first kappa shape index (κ1) is 25.0. The van der Waals surface area contributed by atoms with Crippen LogP contribution in [-0.4, -0.2) is 29.7 Å². The van der Waals surface area contributed by atoms with Gasteiger partial charge in [-0.1, -0.05) is 36.4 Å². The van der Waals surface area contributed by atoms with Gasteiger partial charge in [0.05, 0.1) is 16.7 Å². The average Bonchev–Trinajstić information content (AvgIpc) is 3.62. The summed E-state index contributed by atoms with van der Waals surface area (Å²) in [7, 11) is 0. The standard InChI is InChI=1S/C28H20N4O7/c33-27(19-6-2-1-3-7-19)30-22(14-18-10-12-25-26(15-18)38-17-37-25)28(34)31-29-16-20-11-13-24(39-20)21-8-4-5-9-23(21)32(35)36/h1-16H,17H2,(H,30,33)(H,31,34)/b22-14+,29-16-. The zero-order chi connectivity index (χ0) is 27.2. The van der Waals surface area contributed by atoms with Crippen molar-refractivity contribution in [2.75, 3.05) is 6.79 Å². The van der Waals surface area contributed by atoms with Crippen molar-refractivity contribution in [1.82, 2.24) is 10.7 Å². The molecular weight excluding hydrogens is 504 g/mol. The quantitative estimate of drug-likeness (QED) is 0.149. The maximum atomic E-state index is 13.0. The number of amides is 2. The molecule has 2 heterocycles. The van der Waals surface area contributed by atoms with Crippen molar-refractivity contribution >= 4 is 29.8 Å². The molecule has 11 heteroatoms. The lowest BCUT2D eigenvalue weighted by Gasteiger charge is -2.09. The van der Waals surface area contributed by atoms with Crippen LogP contribution in [0.15, 0.2) is 100 Å². The molecule has 0 fully saturated rings. The molecule has 4 aromatic rings. The second-order valence-corrected chi connectivity index (χ2v) is 8.17. The molecule has 39 heavy (non-hydrogen) atoms. The highest BCUT2D eigenvalue weighted by atomic mass is 16.7. The van der Waals surface area contributed by atoms with E-state index in [4.69, 9.17) is 13.9 Å². The van der Waals surface area contributed by atoms with Gasteiger partial charge in [-0.15, -0.1) is 0 Å². The highest BCUT2D eigenvalue weighted by Crippen LogP contribution is 2.33. The summed E-state index contributed by atoms with van der Waals surface area (Å²) < 4.78 is 16.4. The Hall–Kier alpha value is -5.71. The molecule has 0 bridgehead atoms. The molecule has 0 aliphatic carbocycles. The maximum absolute atomic E-state index is 13.0. The fourth-order valence-electron chi connectivity index (χ4n) is 3.73. The van der Waals surface area contributed by atoms with Crippen LogP contribution < -0.4 is 20.2 Å². The Labute approximate surface area is 221 Å². The van der Waals surface area contributed by atoms with E-state index in [9.17, 15) is 19.7 Å².